The number of anilines is 1. The monoisotopic (exact) mass is 840 g/mol. The number of nitrogens with zero attached hydrogens (tertiary/aromatic N) is 5. The van der Waals surface area contributed by atoms with Gasteiger partial charge in [0.1, 0.15) is 31.0 Å². The molecule has 62 heavy (non-hydrogen) atoms. The van der Waals surface area contributed by atoms with Gasteiger partial charge in [0.15, 0.2) is 0 Å². The number of ether oxygens (including phenoxy) is 1. The number of carbonyl (C=O) groups excluding carboxylic acids is 3. The molecule has 3 fully saturated rings. The average Bonchev–Trinajstić information content (AvgIpc) is 3.29. The minimum atomic E-state index is -0.675. The lowest BCUT2D eigenvalue weighted by Gasteiger charge is -2.42. The Labute approximate surface area is 364 Å². The molecule has 2 aliphatic heterocycles. The van der Waals surface area contributed by atoms with Crippen molar-refractivity contribution >= 4 is 35.2 Å². The second-order valence-corrected chi connectivity index (χ2v) is 16.8. The lowest BCUT2D eigenvalue weighted by atomic mass is 9.85. The molecule has 12 nitrogen and oxygen atoms in total. The van der Waals surface area contributed by atoms with E-state index < -0.39 is 6.04 Å². The van der Waals surface area contributed by atoms with Crippen LogP contribution >= 0.6 is 0 Å². The van der Waals surface area contributed by atoms with Gasteiger partial charge in [-0.3, -0.25) is 19.0 Å². The van der Waals surface area contributed by atoms with Gasteiger partial charge in [-0.15, -0.1) is 0 Å². The molecule has 4 aromatic carbocycles. The van der Waals surface area contributed by atoms with E-state index in [1.165, 1.54) is 62.7 Å². The molecule has 0 bridgehead atoms. The van der Waals surface area contributed by atoms with Crippen molar-refractivity contribution in [2.24, 2.45) is 0 Å². The normalized spacial score (nSPS) is 16.7. The van der Waals surface area contributed by atoms with Crippen molar-refractivity contribution in [3.63, 3.8) is 0 Å². The van der Waals surface area contributed by atoms with E-state index >= 15 is 0 Å². The number of aldehydes is 1. The zero-order chi connectivity index (χ0) is 43.4. The van der Waals surface area contributed by atoms with Crippen LogP contribution in [0.4, 0.5) is 5.69 Å². The first-order valence-electron chi connectivity index (χ1n) is 22.2. The van der Waals surface area contributed by atoms with E-state index in [1.54, 1.807) is 17.0 Å². The van der Waals surface area contributed by atoms with Gasteiger partial charge in [0.2, 0.25) is 12.3 Å². The van der Waals surface area contributed by atoms with Crippen molar-refractivity contribution in [3.05, 3.63) is 130 Å². The number of fused-ring (bicyclic) bond motifs is 1. The zero-order valence-corrected chi connectivity index (χ0v) is 36.0. The second kappa shape index (κ2) is 21.3. The van der Waals surface area contributed by atoms with E-state index in [-0.39, 0.29) is 24.0 Å². The summed E-state index contributed by atoms with van der Waals surface area (Å²) in [6.45, 7) is 6.74. The molecule has 1 saturated carbocycles. The van der Waals surface area contributed by atoms with Crippen LogP contribution in [0.5, 0.6) is 5.75 Å². The number of hydrogen-bond donors (Lipinski definition) is 2. The van der Waals surface area contributed by atoms with E-state index in [1.807, 2.05) is 67.6 Å². The summed E-state index contributed by atoms with van der Waals surface area (Å²) in [4.78, 5) is 58.8. The minimum absolute atomic E-state index is 0.0817. The van der Waals surface area contributed by atoms with E-state index in [0.29, 0.717) is 48.6 Å². The Balaban J connectivity index is 0.000000194. The molecule has 1 atom stereocenters. The highest BCUT2D eigenvalue weighted by molar-refractivity contribution is 5.83. The third-order valence-electron chi connectivity index (χ3n) is 12.9. The lowest BCUT2D eigenvalue weighted by molar-refractivity contribution is -0.133. The summed E-state index contributed by atoms with van der Waals surface area (Å²) in [7, 11) is 1.52. The lowest BCUT2D eigenvalue weighted by Crippen LogP contribution is -2.45. The largest absolute Gasteiger partial charge is 0.489 e. The van der Waals surface area contributed by atoms with Crippen molar-refractivity contribution < 1.29 is 24.2 Å². The van der Waals surface area contributed by atoms with E-state index in [4.69, 9.17) is 4.74 Å². The predicted molar refractivity (Wildman–Crippen MR) is 243 cm³/mol. The van der Waals surface area contributed by atoms with Crippen LogP contribution in [0.3, 0.4) is 0 Å². The number of piperidine rings is 2. The summed E-state index contributed by atoms with van der Waals surface area (Å²) in [5.74, 6) is 1.00. The number of aliphatic hydroxyl groups excluding tert-OH is 1. The molecule has 2 saturated heterocycles. The van der Waals surface area contributed by atoms with Gasteiger partial charge in [-0.25, -0.2) is 4.98 Å². The topological polar surface area (TPSA) is 137 Å². The van der Waals surface area contributed by atoms with Gasteiger partial charge in [-0.2, -0.15) is 0 Å². The molecule has 3 heterocycles. The molecule has 326 valence electrons. The minimum Gasteiger partial charge on any atom is -0.489 e. The predicted octanol–water partition coefficient (Wildman–Crippen LogP) is 6.70. The van der Waals surface area contributed by atoms with Gasteiger partial charge in [0, 0.05) is 44.8 Å². The van der Waals surface area contributed by atoms with Gasteiger partial charge in [0.05, 0.1) is 22.7 Å². The van der Waals surface area contributed by atoms with Crippen LogP contribution in [0.1, 0.15) is 86.0 Å². The maximum Gasteiger partial charge on any atom is 0.265 e. The first-order valence-corrected chi connectivity index (χ1v) is 22.2. The number of benzene rings is 4. The third-order valence-corrected chi connectivity index (χ3v) is 12.9. The van der Waals surface area contributed by atoms with Crippen LogP contribution in [0.25, 0.3) is 16.6 Å². The SMILES string of the molecule is CNC(=O)C(CCC=O)N(C=O)Cc1cc(N2CCC(O)CC2)ccc1C.O=c1c2cc(OCc3ccccc3)ccc2ncn1-c1ccc(C2CCN(C3CCC3)CC2)cc1. The summed E-state index contributed by atoms with van der Waals surface area (Å²) in [6, 6.07) is 30.3. The standard InChI is InChI=1S/C30H31N3O2.C20H29N3O4/c34-30-28-19-27(35-20-22-5-2-1-3-6-22)13-14-29(28)31-21-33(30)26-11-9-23(10-12-26)24-15-17-32(18-16-24)25-7-4-8-25;1-15-5-6-17(22-9-7-18(26)8-10-22)12-16(15)13-23(14-25)19(4-3-11-24)20(27)21-2/h1-3,5-6,9-14,19,21,24-25H,4,7-8,15-18,20H2;5-6,11-12,14,18-19,26H,3-4,7-10,13H2,1-2H3,(H,21,27). The summed E-state index contributed by atoms with van der Waals surface area (Å²) >= 11 is 0. The molecule has 0 radical (unpaired) electrons. The van der Waals surface area contributed by atoms with E-state index in [9.17, 15) is 24.3 Å². The number of likely N-dealkylation sites (tertiary alicyclic amines) is 1. The Hall–Kier alpha value is -5.85. The fourth-order valence-corrected chi connectivity index (χ4v) is 8.78. The van der Waals surface area contributed by atoms with Gasteiger partial charge in [-0.05, 0) is 136 Å². The molecule has 2 amide bonds. The molecule has 1 aliphatic carbocycles. The summed E-state index contributed by atoms with van der Waals surface area (Å²) < 4.78 is 7.57. The van der Waals surface area contributed by atoms with Gasteiger partial charge in [0.25, 0.3) is 5.56 Å². The Bertz CT molecular complexity index is 2320. The molecule has 1 aromatic heterocycles. The number of carbonyl (C=O) groups is 3. The fraction of sp³-hybridized carbons (Fsp3) is 0.420. The summed E-state index contributed by atoms with van der Waals surface area (Å²) in [6.07, 6.45) is 11.4. The zero-order valence-electron chi connectivity index (χ0n) is 36.0. The molecular weight excluding hydrogens is 781 g/mol. The number of aromatic nitrogens is 2. The van der Waals surface area contributed by atoms with Gasteiger partial charge in [-0.1, -0.05) is 55.0 Å². The van der Waals surface area contributed by atoms with Gasteiger partial charge < -0.3 is 34.7 Å². The highest BCUT2D eigenvalue weighted by atomic mass is 16.5. The maximum absolute atomic E-state index is 13.3. The molecule has 8 rings (SSSR count). The molecular formula is C50H60N6O6. The first kappa shape index (κ1) is 44.2. The molecule has 12 heteroatoms. The summed E-state index contributed by atoms with van der Waals surface area (Å²) in [5.41, 5.74) is 6.95. The van der Waals surface area contributed by atoms with E-state index in [2.05, 4.69) is 44.4 Å². The highest BCUT2D eigenvalue weighted by Gasteiger charge is 2.29. The van der Waals surface area contributed by atoms with Crippen LogP contribution in [0.2, 0.25) is 0 Å². The van der Waals surface area contributed by atoms with Crippen molar-refractivity contribution in [2.45, 2.75) is 102 Å². The van der Waals surface area contributed by atoms with Crippen LogP contribution in [0, 0.1) is 6.92 Å². The van der Waals surface area contributed by atoms with Crippen LogP contribution in [-0.2, 0) is 27.5 Å². The van der Waals surface area contributed by atoms with E-state index in [0.717, 1.165) is 66.3 Å². The molecule has 1 unspecified atom stereocenters. The number of aliphatic hydroxyl groups is 1. The first-order chi connectivity index (χ1) is 30.2. The van der Waals surface area contributed by atoms with Crippen molar-refractivity contribution in [2.75, 3.05) is 38.1 Å². The molecule has 3 aliphatic rings. The van der Waals surface area contributed by atoms with Crippen molar-refractivity contribution in [1.29, 1.82) is 0 Å². The second-order valence-electron chi connectivity index (χ2n) is 16.8. The van der Waals surface area contributed by atoms with Crippen molar-refractivity contribution in [3.8, 4) is 11.4 Å². The Morgan fingerprint density at radius 2 is 1.63 bits per heavy atom. The highest BCUT2D eigenvalue weighted by Crippen LogP contribution is 2.33. The number of likely N-dealkylation sites (N-methyl/N-ethyl adjacent to an activating group) is 1. The number of amides is 2. The number of nitrogens with one attached hydrogen (secondary N) is 1. The van der Waals surface area contributed by atoms with Crippen LogP contribution in [0.15, 0.2) is 102 Å². The third kappa shape index (κ3) is 11.0. The quantitative estimate of drug-likeness (QED) is 0.110. The van der Waals surface area contributed by atoms with Crippen LogP contribution < -0.4 is 20.5 Å². The Kier molecular flexibility index (Phi) is 15.2. The Morgan fingerprint density at radius 1 is 0.903 bits per heavy atom. The number of hydrogen-bond acceptors (Lipinski definition) is 9. The molecule has 0 spiro atoms. The van der Waals surface area contributed by atoms with Gasteiger partial charge >= 0.3 is 0 Å². The average molecular weight is 841 g/mol. The van der Waals surface area contributed by atoms with Crippen LogP contribution in [-0.4, -0.2) is 94.5 Å². The van der Waals surface area contributed by atoms with Crippen molar-refractivity contribution in [1.82, 2.24) is 24.7 Å². The maximum atomic E-state index is 13.3. The smallest absolute Gasteiger partial charge is 0.265 e. The molecule has 5 aromatic rings. The Morgan fingerprint density at radius 3 is 2.29 bits per heavy atom. The molecule has 2 N–H and O–H groups in total. The fourth-order valence-electron chi connectivity index (χ4n) is 8.78. The number of aryl methyl sites for hydroxylation is 1. The number of rotatable bonds is 15. The summed E-state index contributed by atoms with van der Waals surface area (Å²) in [5, 5.41) is 12.8.